The van der Waals surface area contributed by atoms with E-state index in [0.29, 0.717) is 10.9 Å². The van der Waals surface area contributed by atoms with Crippen LogP contribution in [0.4, 0.5) is 4.79 Å². The average molecular weight is 354 g/mol. The number of likely N-dealkylation sites (tertiary alicyclic amines) is 1. The van der Waals surface area contributed by atoms with Crippen molar-refractivity contribution in [2.75, 3.05) is 13.1 Å². The highest BCUT2D eigenvalue weighted by atomic mass is 35.5. The van der Waals surface area contributed by atoms with Gasteiger partial charge in [-0.3, -0.25) is 0 Å². The van der Waals surface area contributed by atoms with Crippen LogP contribution >= 0.6 is 11.6 Å². The molecule has 0 aliphatic carbocycles. The van der Waals surface area contributed by atoms with Crippen LogP contribution in [-0.2, 0) is 6.42 Å². The fraction of sp³-hybridized carbons (Fsp3) is 0.300. The van der Waals surface area contributed by atoms with Gasteiger partial charge in [0.2, 0.25) is 0 Å². The summed E-state index contributed by atoms with van der Waals surface area (Å²) in [6.07, 6.45) is 3.58. The summed E-state index contributed by atoms with van der Waals surface area (Å²) in [5, 5.41) is 6.63. The van der Waals surface area contributed by atoms with E-state index >= 15 is 0 Å². The third kappa shape index (κ3) is 3.40. The smallest absolute Gasteiger partial charge is 0.322 e. The Morgan fingerprint density at radius 2 is 1.80 bits per heavy atom. The minimum Gasteiger partial charge on any atom is -0.322 e. The van der Waals surface area contributed by atoms with E-state index in [-0.39, 0.29) is 12.1 Å². The lowest BCUT2D eigenvalue weighted by Gasteiger charge is -2.41. The maximum absolute atomic E-state index is 12.8. The molecule has 2 aliphatic rings. The Kier molecular flexibility index (Phi) is 4.45. The maximum atomic E-state index is 12.8. The van der Waals surface area contributed by atoms with Crippen molar-refractivity contribution in [3.63, 3.8) is 0 Å². The second-order valence-electron chi connectivity index (χ2n) is 6.69. The molecule has 1 atom stereocenters. The molecule has 4 nitrogen and oxygen atoms in total. The van der Waals surface area contributed by atoms with Gasteiger partial charge in [0.15, 0.2) is 0 Å². The Labute approximate surface area is 152 Å². The minimum absolute atomic E-state index is 0.00184. The van der Waals surface area contributed by atoms with Gasteiger partial charge in [0, 0.05) is 30.7 Å². The molecule has 25 heavy (non-hydrogen) atoms. The third-order valence-corrected chi connectivity index (χ3v) is 5.13. The summed E-state index contributed by atoms with van der Waals surface area (Å²) in [6, 6.07) is 18.1. The first-order chi connectivity index (χ1) is 12.2. The Hall–Kier alpha value is -2.33. The van der Waals surface area contributed by atoms with Crippen LogP contribution in [0.5, 0.6) is 0 Å². The minimum atomic E-state index is -0.0297. The Balaban J connectivity index is 1.36. The summed E-state index contributed by atoms with van der Waals surface area (Å²) in [4.78, 5) is 14.7. The number of nitrogens with zero attached hydrogens (tertiary/aromatic N) is 3. The highest BCUT2D eigenvalue weighted by Crippen LogP contribution is 2.32. The molecule has 0 spiro atoms. The van der Waals surface area contributed by atoms with Crippen LogP contribution < -0.4 is 0 Å². The van der Waals surface area contributed by atoms with Gasteiger partial charge >= 0.3 is 6.03 Å². The number of urea groups is 1. The number of halogens is 1. The number of hydrazone groups is 1. The third-order valence-electron chi connectivity index (χ3n) is 4.88. The lowest BCUT2D eigenvalue weighted by atomic mass is 9.92. The first kappa shape index (κ1) is 16.2. The van der Waals surface area contributed by atoms with Crippen molar-refractivity contribution in [2.45, 2.75) is 18.9 Å². The predicted molar refractivity (Wildman–Crippen MR) is 99.7 cm³/mol. The zero-order valence-electron chi connectivity index (χ0n) is 13.9. The molecule has 0 radical (unpaired) electrons. The van der Waals surface area contributed by atoms with Crippen LogP contribution in [0.15, 0.2) is 59.7 Å². The van der Waals surface area contributed by atoms with Gasteiger partial charge in [-0.2, -0.15) is 5.10 Å². The summed E-state index contributed by atoms with van der Waals surface area (Å²) in [5.41, 5.74) is 2.40. The second-order valence-corrected chi connectivity index (χ2v) is 7.13. The fourth-order valence-corrected chi connectivity index (χ4v) is 3.63. The maximum Gasteiger partial charge on any atom is 0.341 e. The van der Waals surface area contributed by atoms with Crippen molar-refractivity contribution in [1.82, 2.24) is 9.91 Å². The fourth-order valence-electron chi connectivity index (χ4n) is 3.51. The van der Waals surface area contributed by atoms with Gasteiger partial charge < -0.3 is 4.90 Å². The van der Waals surface area contributed by atoms with Crippen LogP contribution in [0.2, 0.25) is 5.02 Å². The molecule has 1 unspecified atom stereocenters. The Bertz CT molecular complexity index is 769. The van der Waals surface area contributed by atoms with E-state index in [4.69, 9.17) is 11.6 Å². The van der Waals surface area contributed by atoms with E-state index in [0.717, 1.165) is 31.5 Å². The van der Waals surface area contributed by atoms with Crippen molar-refractivity contribution in [3.05, 3.63) is 70.7 Å². The second kappa shape index (κ2) is 6.89. The number of rotatable bonds is 3. The van der Waals surface area contributed by atoms with E-state index in [1.54, 1.807) is 5.01 Å². The average Bonchev–Trinajstić information content (AvgIpc) is 3.08. The summed E-state index contributed by atoms with van der Waals surface area (Å²) in [6.45, 7) is 1.60. The van der Waals surface area contributed by atoms with Crippen molar-refractivity contribution >= 4 is 23.8 Å². The highest BCUT2D eigenvalue weighted by Gasteiger charge is 2.37. The molecule has 0 saturated carbocycles. The number of carbonyl (C=O) groups excluding carboxylic acids is 1. The van der Waals surface area contributed by atoms with Crippen molar-refractivity contribution in [2.24, 2.45) is 11.0 Å². The normalized spacial score (nSPS) is 20.0. The van der Waals surface area contributed by atoms with Crippen LogP contribution in [0.1, 0.15) is 23.6 Å². The lowest BCUT2D eigenvalue weighted by Crippen LogP contribution is -2.54. The topological polar surface area (TPSA) is 35.9 Å². The highest BCUT2D eigenvalue weighted by molar-refractivity contribution is 6.30. The quantitative estimate of drug-likeness (QED) is 0.807. The number of carbonyl (C=O) groups is 1. The molecule has 1 fully saturated rings. The molecule has 4 rings (SSSR count). The van der Waals surface area contributed by atoms with E-state index in [1.165, 1.54) is 5.56 Å². The van der Waals surface area contributed by atoms with Gasteiger partial charge in [-0.25, -0.2) is 9.80 Å². The zero-order chi connectivity index (χ0) is 17.2. The van der Waals surface area contributed by atoms with E-state index in [2.05, 4.69) is 29.4 Å². The van der Waals surface area contributed by atoms with Gasteiger partial charge in [-0.15, -0.1) is 0 Å². The summed E-state index contributed by atoms with van der Waals surface area (Å²) >= 11 is 5.96. The summed E-state index contributed by atoms with van der Waals surface area (Å²) in [5.74, 6) is 0.534. The van der Waals surface area contributed by atoms with Crippen LogP contribution in [-0.4, -0.2) is 35.2 Å². The largest absolute Gasteiger partial charge is 0.341 e. The monoisotopic (exact) mass is 353 g/mol. The Morgan fingerprint density at radius 3 is 2.52 bits per heavy atom. The van der Waals surface area contributed by atoms with Crippen molar-refractivity contribution in [1.29, 1.82) is 0 Å². The van der Waals surface area contributed by atoms with Crippen LogP contribution in [0.3, 0.4) is 0 Å². The molecule has 2 aliphatic heterocycles. The molecule has 0 bridgehead atoms. The van der Waals surface area contributed by atoms with Crippen molar-refractivity contribution < 1.29 is 4.79 Å². The SMILES string of the molecule is O=C(N1CC(Cc2ccccc2)C1)N1N=CCC1c1ccc(Cl)cc1. The summed E-state index contributed by atoms with van der Waals surface area (Å²) in [7, 11) is 0. The first-order valence-electron chi connectivity index (χ1n) is 8.60. The predicted octanol–water partition coefficient (Wildman–Crippen LogP) is 4.37. The number of amides is 2. The van der Waals surface area contributed by atoms with Gasteiger partial charge in [-0.1, -0.05) is 54.1 Å². The molecule has 2 amide bonds. The number of hydrogen-bond acceptors (Lipinski definition) is 2. The van der Waals surface area contributed by atoms with Crippen molar-refractivity contribution in [3.8, 4) is 0 Å². The molecule has 2 aromatic rings. The molecular weight excluding hydrogens is 334 g/mol. The van der Waals surface area contributed by atoms with Gasteiger partial charge in [-0.05, 0) is 35.6 Å². The standard InChI is InChI=1S/C20H20ClN3O/c21-18-8-6-17(7-9-18)19-10-11-22-24(19)20(25)23-13-16(14-23)12-15-4-2-1-3-5-15/h1-9,11,16,19H,10,12-14H2. The van der Waals surface area contributed by atoms with Crippen LogP contribution in [0, 0.1) is 5.92 Å². The lowest BCUT2D eigenvalue weighted by molar-refractivity contribution is 0.0835. The zero-order valence-corrected chi connectivity index (χ0v) is 14.6. The molecule has 5 heteroatoms. The molecule has 2 heterocycles. The molecule has 0 aromatic heterocycles. The Morgan fingerprint density at radius 1 is 1.08 bits per heavy atom. The molecular formula is C20H20ClN3O. The van der Waals surface area contributed by atoms with Gasteiger partial charge in [0.25, 0.3) is 0 Å². The molecule has 0 N–H and O–H groups in total. The molecule has 128 valence electrons. The first-order valence-corrected chi connectivity index (χ1v) is 8.98. The van der Waals surface area contributed by atoms with E-state index < -0.39 is 0 Å². The van der Waals surface area contributed by atoms with E-state index in [1.807, 2.05) is 41.4 Å². The molecule has 2 aromatic carbocycles. The number of benzene rings is 2. The van der Waals surface area contributed by atoms with E-state index in [9.17, 15) is 4.79 Å². The molecule has 1 saturated heterocycles. The summed E-state index contributed by atoms with van der Waals surface area (Å²) < 4.78 is 0. The van der Waals surface area contributed by atoms with Crippen LogP contribution in [0.25, 0.3) is 0 Å². The number of hydrogen-bond donors (Lipinski definition) is 0. The van der Waals surface area contributed by atoms with Gasteiger partial charge in [0.1, 0.15) is 0 Å². The van der Waals surface area contributed by atoms with Gasteiger partial charge in [0.05, 0.1) is 6.04 Å².